The van der Waals surface area contributed by atoms with Gasteiger partial charge in [-0.15, -0.1) is 0 Å². The van der Waals surface area contributed by atoms with E-state index in [4.69, 9.17) is 44.6 Å². The molecule has 24 heavy (non-hydrogen) atoms. The number of carboxylic acids is 1. The number of ether oxygens (including phenoxy) is 1. The third kappa shape index (κ3) is 3.81. The molecule has 126 valence electrons. The SMILES string of the molecule is COc1ccc(O)c(C=NNc2c(Cl)c(Cl)nc(C(=O)O)c2Cl)c1. The smallest absolute Gasteiger partial charge is 0.356 e. The van der Waals surface area contributed by atoms with Crippen LogP contribution in [0.5, 0.6) is 11.5 Å². The normalized spacial score (nSPS) is 10.8. The third-order valence-corrected chi connectivity index (χ3v) is 3.96. The first kappa shape index (κ1) is 18.1. The lowest BCUT2D eigenvalue weighted by atomic mass is 10.2. The maximum atomic E-state index is 11.1. The number of anilines is 1. The molecule has 3 N–H and O–H groups in total. The number of hydrogen-bond donors (Lipinski definition) is 3. The van der Waals surface area contributed by atoms with Gasteiger partial charge in [0.1, 0.15) is 21.5 Å². The summed E-state index contributed by atoms with van der Waals surface area (Å²) < 4.78 is 5.04. The fourth-order valence-electron chi connectivity index (χ4n) is 1.68. The number of pyridine rings is 1. The average Bonchev–Trinajstić information content (AvgIpc) is 2.55. The minimum atomic E-state index is -1.36. The molecule has 0 aliphatic heterocycles. The van der Waals surface area contributed by atoms with Crippen molar-refractivity contribution in [1.82, 2.24) is 4.98 Å². The first-order valence-corrected chi connectivity index (χ1v) is 7.42. The molecule has 0 amide bonds. The zero-order chi connectivity index (χ0) is 17.9. The van der Waals surface area contributed by atoms with Gasteiger partial charge in [0.25, 0.3) is 0 Å². The van der Waals surface area contributed by atoms with Crippen LogP contribution in [0, 0.1) is 0 Å². The Hall–Kier alpha value is -2.22. The van der Waals surface area contributed by atoms with E-state index in [9.17, 15) is 9.90 Å². The number of methoxy groups -OCH3 is 1. The van der Waals surface area contributed by atoms with Crippen molar-refractivity contribution in [3.63, 3.8) is 0 Å². The lowest BCUT2D eigenvalue weighted by molar-refractivity contribution is 0.0691. The van der Waals surface area contributed by atoms with Crippen molar-refractivity contribution in [2.75, 3.05) is 12.5 Å². The van der Waals surface area contributed by atoms with Gasteiger partial charge in [0, 0.05) is 5.56 Å². The van der Waals surface area contributed by atoms with Crippen molar-refractivity contribution in [3.8, 4) is 11.5 Å². The maximum absolute atomic E-state index is 11.1. The molecule has 0 bridgehead atoms. The van der Waals surface area contributed by atoms with Gasteiger partial charge in [0.05, 0.1) is 19.0 Å². The van der Waals surface area contributed by atoms with Crippen molar-refractivity contribution in [2.24, 2.45) is 5.10 Å². The van der Waals surface area contributed by atoms with E-state index in [1.165, 1.54) is 19.4 Å². The van der Waals surface area contributed by atoms with Crippen molar-refractivity contribution >= 4 is 52.7 Å². The molecular weight excluding hydrogens is 381 g/mol. The predicted octanol–water partition coefficient (Wildman–Crippen LogP) is 3.90. The number of hydrazone groups is 1. The number of halogens is 3. The number of nitrogens with zero attached hydrogens (tertiary/aromatic N) is 2. The minimum Gasteiger partial charge on any atom is -0.507 e. The highest BCUT2D eigenvalue weighted by molar-refractivity contribution is 6.46. The quantitative estimate of drug-likeness (QED) is 0.406. The van der Waals surface area contributed by atoms with Crippen LogP contribution in [0.2, 0.25) is 15.2 Å². The Balaban J connectivity index is 2.34. The van der Waals surface area contributed by atoms with Gasteiger partial charge in [-0.1, -0.05) is 34.8 Å². The van der Waals surface area contributed by atoms with Gasteiger partial charge in [-0.25, -0.2) is 9.78 Å². The van der Waals surface area contributed by atoms with E-state index in [0.29, 0.717) is 11.3 Å². The molecule has 0 fully saturated rings. The van der Waals surface area contributed by atoms with Crippen molar-refractivity contribution in [1.29, 1.82) is 0 Å². The summed E-state index contributed by atoms with van der Waals surface area (Å²) >= 11 is 17.7. The third-order valence-electron chi connectivity index (χ3n) is 2.86. The van der Waals surface area contributed by atoms with Gasteiger partial charge >= 0.3 is 5.97 Å². The van der Waals surface area contributed by atoms with Crippen LogP contribution in [0.25, 0.3) is 0 Å². The van der Waals surface area contributed by atoms with Crippen LogP contribution in [0.4, 0.5) is 5.69 Å². The molecule has 0 radical (unpaired) electrons. The zero-order valence-electron chi connectivity index (χ0n) is 12.0. The summed E-state index contributed by atoms with van der Waals surface area (Å²) in [4.78, 5) is 14.7. The number of benzene rings is 1. The zero-order valence-corrected chi connectivity index (χ0v) is 14.3. The molecule has 0 saturated heterocycles. The summed E-state index contributed by atoms with van der Waals surface area (Å²) in [7, 11) is 1.48. The highest BCUT2D eigenvalue weighted by atomic mass is 35.5. The molecule has 0 unspecified atom stereocenters. The second-order valence-electron chi connectivity index (χ2n) is 4.35. The number of phenolic OH excluding ortho intramolecular Hbond substituents is 1. The number of aromatic nitrogens is 1. The Morgan fingerprint density at radius 1 is 1.33 bits per heavy atom. The standard InChI is InChI=1S/C14H10Cl3N3O4/c1-24-7-2-3-8(21)6(4-7)5-18-20-11-9(15)12(14(22)23)19-13(17)10(11)16/h2-5,21H,1H3,(H,19,20)(H,22,23). The summed E-state index contributed by atoms with van der Waals surface area (Å²) in [5.41, 5.74) is 2.37. The number of phenols is 1. The van der Waals surface area contributed by atoms with Crippen LogP contribution >= 0.6 is 34.8 Å². The number of rotatable bonds is 5. The van der Waals surface area contributed by atoms with Gasteiger partial charge in [0.2, 0.25) is 0 Å². The summed E-state index contributed by atoms with van der Waals surface area (Å²) in [6.07, 6.45) is 1.28. The highest BCUT2D eigenvalue weighted by Gasteiger charge is 2.20. The first-order valence-electron chi connectivity index (χ1n) is 6.29. The molecule has 7 nitrogen and oxygen atoms in total. The number of hydrogen-bond acceptors (Lipinski definition) is 6. The highest BCUT2D eigenvalue weighted by Crippen LogP contribution is 2.36. The molecule has 1 aromatic heterocycles. The van der Waals surface area contributed by atoms with Gasteiger partial charge in [-0.3, -0.25) is 5.43 Å². The average molecular weight is 391 g/mol. The van der Waals surface area contributed by atoms with Crippen LogP contribution < -0.4 is 10.2 Å². The number of carboxylic acid groups (broad SMARTS) is 1. The Labute approximate surface area is 151 Å². The van der Waals surface area contributed by atoms with Crippen LogP contribution in [0.1, 0.15) is 16.1 Å². The minimum absolute atomic E-state index is 0.0191. The number of carbonyl (C=O) groups is 1. The molecule has 2 rings (SSSR count). The van der Waals surface area contributed by atoms with E-state index in [1.54, 1.807) is 12.1 Å². The summed E-state index contributed by atoms with van der Waals surface area (Å²) in [6, 6.07) is 4.56. The van der Waals surface area contributed by atoms with Gasteiger partial charge in [-0.2, -0.15) is 5.10 Å². The molecule has 10 heteroatoms. The molecule has 0 saturated carbocycles. The second kappa shape index (κ2) is 7.57. The molecular formula is C14H10Cl3N3O4. The molecule has 0 spiro atoms. The molecule has 0 aliphatic carbocycles. The second-order valence-corrected chi connectivity index (χ2v) is 5.47. The van der Waals surface area contributed by atoms with Crippen molar-refractivity contribution in [3.05, 3.63) is 44.7 Å². The predicted molar refractivity (Wildman–Crippen MR) is 92.1 cm³/mol. The molecule has 1 heterocycles. The monoisotopic (exact) mass is 389 g/mol. The van der Waals surface area contributed by atoms with Crippen LogP contribution in [0.3, 0.4) is 0 Å². The van der Waals surface area contributed by atoms with E-state index in [1.807, 2.05) is 0 Å². The van der Waals surface area contributed by atoms with E-state index in [2.05, 4.69) is 15.5 Å². The van der Waals surface area contributed by atoms with Crippen LogP contribution in [0.15, 0.2) is 23.3 Å². The fraction of sp³-hybridized carbons (Fsp3) is 0.0714. The van der Waals surface area contributed by atoms with E-state index in [-0.39, 0.29) is 26.6 Å². The number of nitrogens with one attached hydrogen (secondary N) is 1. The lowest BCUT2D eigenvalue weighted by Crippen LogP contribution is -2.05. The lowest BCUT2D eigenvalue weighted by Gasteiger charge is -2.09. The first-order chi connectivity index (χ1) is 11.3. The summed E-state index contributed by atoms with van der Waals surface area (Å²) in [6.45, 7) is 0. The van der Waals surface area contributed by atoms with Gasteiger partial charge in [0.15, 0.2) is 10.8 Å². The topological polar surface area (TPSA) is 104 Å². The van der Waals surface area contributed by atoms with Gasteiger partial charge in [-0.05, 0) is 18.2 Å². The van der Waals surface area contributed by atoms with E-state index < -0.39 is 11.7 Å². The van der Waals surface area contributed by atoms with Crippen molar-refractivity contribution < 1.29 is 19.7 Å². The Bertz CT molecular complexity index is 827. The molecule has 0 aliphatic rings. The molecule has 0 atom stereocenters. The number of aromatic carboxylic acids is 1. The van der Waals surface area contributed by atoms with E-state index in [0.717, 1.165) is 0 Å². The largest absolute Gasteiger partial charge is 0.507 e. The van der Waals surface area contributed by atoms with E-state index >= 15 is 0 Å². The number of aromatic hydroxyl groups is 1. The maximum Gasteiger partial charge on any atom is 0.356 e. The van der Waals surface area contributed by atoms with Crippen LogP contribution in [-0.4, -0.2) is 34.5 Å². The summed E-state index contributed by atoms with van der Waals surface area (Å²) in [5.74, 6) is -0.876. The molecule has 1 aromatic carbocycles. The Kier molecular flexibility index (Phi) is 5.71. The fourth-order valence-corrected chi connectivity index (χ4v) is 2.35. The van der Waals surface area contributed by atoms with Crippen LogP contribution in [-0.2, 0) is 0 Å². The summed E-state index contributed by atoms with van der Waals surface area (Å²) in [5, 5.41) is 22.1. The van der Waals surface area contributed by atoms with Gasteiger partial charge < -0.3 is 14.9 Å². The Morgan fingerprint density at radius 2 is 2.04 bits per heavy atom. The Morgan fingerprint density at radius 3 is 2.67 bits per heavy atom. The van der Waals surface area contributed by atoms with Crippen molar-refractivity contribution in [2.45, 2.75) is 0 Å². The molecule has 2 aromatic rings.